The largest absolute Gasteiger partial charge is 0.391 e. The van der Waals surface area contributed by atoms with Crippen molar-refractivity contribution < 1.29 is 8.85 Å². The van der Waals surface area contributed by atoms with Crippen LogP contribution in [0.4, 0.5) is 0 Å². The zero-order valence-electron chi connectivity index (χ0n) is 17.5. The van der Waals surface area contributed by atoms with Crippen LogP contribution in [-0.2, 0) is 8.85 Å². The van der Waals surface area contributed by atoms with Crippen molar-refractivity contribution >= 4 is 25.2 Å². The van der Waals surface area contributed by atoms with Crippen LogP contribution in [0, 0.1) is 0 Å². The van der Waals surface area contributed by atoms with Crippen molar-refractivity contribution in [3.8, 4) is 0 Å². The molecule has 26 heavy (non-hydrogen) atoms. The molecule has 0 aromatic rings. The first kappa shape index (κ1) is 22.9. The maximum absolute atomic E-state index is 6.80. The van der Waals surface area contributed by atoms with E-state index in [9.17, 15) is 0 Å². The quantitative estimate of drug-likeness (QED) is 0.176. The highest BCUT2D eigenvalue weighted by Gasteiger charge is 2.36. The van der Waals surface area contributed by atoms with Crippen molar-refractivity contribution in [2.24, 2.45) is 0 Å². The zero-order chi connectivity index (χ0) is 18.7. The lowest BCUT2D eigenvalue weighted by atomic mass is 9.87. The minimum absolute atomic E-state index is 0.107. The topological polar surface area (TPSA) is 18.5 Å². The highest BCUT2D eigenvalue weighted by atomic mass is 79.9. The van der Waals surface area contributed by atoms with Crippen LogP contribution in [-0.4, -0.2) is 25.8 Å². The van der Waals surface area contributed by atoms with Gasteiger partial charge in [0.05, 0.1) is 11.2 Å². The summed E-state index contributed by atoms with van der Waals surface area (Å²) in [4.78, 5) is 0. The number of alkyl halides is 1. The Bertz CT molecular complexity index is 339. The van der Waals surface area contributed by atoms with E-state index < -0.39 is 9.28 Å². The molecule has 0 heterocycles. The smallest absolute Gasteiger partial charge is 0.322 e. The number of unbranched alkanes of at least 4 members (excludes halogenated alkanes) is 5. The van der Waals surface area contributed by atoms with E-state index in [0.717, 1.165) is 5.33 Å². The van der Waals surface area contributed by atoms with Gasteiger partial charge in [0, 0.05) is 5.33 Å². The van der Waals surface area contributed by atoms with Gasteiger partial charge in [0.1, 0.15) is 0 Å². The Balaban J connectivity index is 1.80. The summed E-state index contributed by atoms with van der Waals surface area (Å²) >= 11 is 3.53. The van der Waals surface area contributed by atoms with Gasteiger partial charge in [-0.1, -0.05) is 86.6 Å². The van der Waals surface area contributed by atoms with Crippen molar-refractivity contribution in [1.82, 2.24) is 0 Å². The summed E-state index contributed by atoms with van der Waals surface area (Å²) < 4.78 is 13.6. The molecule has 2 saturated carbocycles. The molecule has 2 rings (SSSR count). The van der Waals surface area contributed by atoms with E-state index >= 15 is 0 Å². The van der Waals surface area contributed by atoms with Crippen LogP contribution in [0.2, 0.25) is 6.04 Å². The van der Waals surface area contributed by atoms with Crippen molar-refractivity contribution in [3.05, 3.63) is 0 Å². The van der Waals surface area contributed by atoms with Gasteiger partial charge in [-0.15, -0.1) is 0 Å². The molecule has 0 bridgehead atoms. The van der Waals surface area contributed by atoms with Gasteiger partial charge in [-0.3, -0.25) is 0 Å². The van der Waals surface area contributed by atoms with Crippen LogP contribution in [0.5, 0.6) is 0 Å². The van der Waals surface area contributed by atoms with E-state index in [2.05, 4.69) is 29.8 Å². The van der Waals surface area contributed by atoms with Crippen molar-refractivity contribution in [1.29, 1.82) is 0 Å². The zero-order valence-corrected chi connectivity index (χ0v) is 20.2. The molecule has 2 fully saturated rings. The van der Waals surface area contributed by atoms with Gasteiger partial charge < -0.3 is 8.85 Å². The maximum Gasteiger partial charge on any atom is 0.322 e. The fourth-order valence-electron chi connectivity index (χ4n) is 4.72. The minimum atomic E-state index is -1.59. The second-order valence-corrected chi connectivity index (χ2v) is 12.0. The van der Waals surface area contributed by atoms with E-state index in [1.807, 2.05) is 0 Å². The molecule has 0 aliphatic heterocycles. The van der Waals surface area contributed by atoms with E-state index in [1.54, 1.807) is 0 Å². The van der Waals surface area contributed by atoms with Crippen LogP contribution in [0.15, 0.2) is 0 Å². The Kier molecular flexibility index (Phi) is 10.8. The van der Waals surface area contributed by atoms with E-state index in [4.69, 9.17) is 8.85 Å². The van der Waals surface area contributed by atoms with Crippen LogP contribution in [0.3, 0.4) is 0 Å². The second-order valence-electron chi connectivity index (χ2n) is 9.29. The third-order valence-corrected chi connectivity index (χ3v) is 9.58. The Morgan fingerprint density at radius 1 is 0.654 bits per heavy atom. The van der Waals surface area contributed by atoms with Gasteiger partial charge in [-0.25, -0.2) is 0 Å². The fourth-order valence-corrected chi connectivity index (χ4v) is 7.77. The molecular formula is C22H43BrO2Si. The molecule has 0 amide bonds. The van der Waals surface area contributed by atoms with E-state index in [0.29, 0.717) is 0 Å². The van der Waals surface area contributed by atoms with Crippen molar-refractivity contribution in [2.45, 2.75) is 134 Å². The summed E-state index contributed by atoms with van der Waals surface area (Å²) in [7, 11) is -1.59. The highest BCUT2D eigenvalue weighted by Crippen LogP contribution is 2.36. The van der Waals surface area contributed by atoms with Crippen LogP contribution in [0.1, 0.15) is 117 Å². The molecule has 0 N–H and O–H groups in total. The third kappa shape index (κ3) is 8.75. The molecule has 0 unspecified atom stereocenters. The Hall–Kier alpha value is 0.617. The molecule has 0 radical (unpaired) electrons. The summed E-state index contributed by atoms with van der Waals surface area (Å²) in [6.07, 6.45) is 21.2. The van der Waals surface area contributed by atoms with Gasteiger partial charge in [0.25, 0.3) is 0 Å². The van der Waals surface area contributed by atoms with Crippen molar-refractivity contribution in [2.75, 3.05) is 5.33 Å². The molecule has 4 heteroatoms. The molecule has 0 aromatic heterocycles. The first-order valence-corrected chi connectivity index (χ1v) is 14.4. The molecule has 2 nitrogen and oxygen atoms in total. The van der Waals surface area contributed by atoms with Crippen LogP contribution < -0.4 is 0 Å². The molecule has 2 aliphatic carbocycles. The predicted molar refractivity (Wildman–Crippen MR) is 119 cm³/mol. The third-order valence-electron chi connectivity index (χ3n) is 6.48. The molecule has 0 atom stereocenters. The monoisotopic (exact) mass is 446 g/mol. The van der Waals surface area contributed by atoms with Gasteiger partial charge in [-0.2, -0.15) is 0 Å². The number of rotatable bonds is 12. The van der Waals surface area contributed by atoms with E-state index in [-0.39, 0.29) is 11.2 Å². The first-order chi connectivity index (χ1) is 12.6. The van der Waals surface area contributed by atoms with Gasteiger partial charge in [0.2, 0.25) is 0 Å². The maximum atomic E-state index is 6.80. The van der Waals surface area contributed by atoms with Crippen LogP contribution >= 0.6 is 15.9 Å². The average Bonchev–Trinajstić information content (AvgIpc) is 2.61. The normalized spacial score (nSPS) is 22.6. The second kappa shape index (κ2) is 12.2. The summed E-state index contributed by atoms with van der Waals surface area (Å²) in [5, 5.41) is 1.15. The standard InChI is InChI=1S/C22H43BrO2Si/c1-21(15-9-7-10-16-21)24-26(20-14-6-4-3-5-13-19-23)25-22(2)17-11-8-12-18-22/h26H,3-20H2,1-2H3. The lowest BCUT2D eigenvalue weighted by Crippen LogP contribution is -2.45. The number of halogens is 1. The fraction of sp³-hybridized carbons (Fsp3) is 1.00. The Labute approximate surface area is 173 Å². The Morgan fingerprint density at radius 3 is 1.54 bits per heavy atom. The first-order valence-electron chi connectivity index (χ1n) is 11.5. The minimum Gasteiger partial charge on any atom is -0.391 e. The van der Waals surface area contributed by atoms with Crippen molar-refractivity contribution in [3.63, 3.8) is 0 Å². The molecule has 2 aliphatic rings. The average molecular weight is 448 g/mol. The SMILES string of the molecule is CC1(O[SiH](CCCCCCCCBr)OC2(C)CCCCC2)CCCCC1. The molecule has 154 valence electrons. The molecule has 0 saturated heterocycles. The van der Waals surface area contributed by atoms with Gasteiger partial charge in [0.15, 0.2) is 0 Å². The number of hydrogen-bond donors (Lipinski definition) is 0. The number of hydrogen-bond acceptors (Lipinski definition) is 2. The lowest BCUT2D eigenvalue weighted by molar-refractivity contribution is -0.0296. The summed E-state index contributed by atoms with van der Waals surface area (Å²) in [6, 6.07) is 1.21. The van der Waals surface area contributed by atoms with Crippen LogP contribution in [0.25, 0.3) is 0 Å². The highest BCUT2D eigenvalue weighted by molar-refractivity contribution is 9.09. The van der Waals surface area contributed by atoms with E-state index in [1.165, 1.54) is 109 Å². The molecule has 0 spiro atoms. The van der Waals surface area contributed by atoms with Gasteiger partial charge >= 0.3 is 9.28 Å². The summed E-state index contributed by atoms with van der Waals surface area (Å²) in [5.74, 6) is 0. The summed E-state index contributed by atoms with van der Waals surface area (Å²) in [5.41, 5.74) is 0.214. The Morgan fingerprint density at radius 2 is 1.08 bits per heavy atom. The lowest BCUT2D eigenvalue weighted by Gasteiger charge is -2.41. The molecular weight excluding hydrogens is 404 g/mol. The molecule has 0 aromatic carbocycles. The summed E-state index contributed by atoms with van der Waals surface area (Å²) in [6.45, 7) is 4.72. The van der Waals surface area contributed by atoms with Gasteiger partial charge in [-0.05, 0) is 52.0 Å². The predicted octanol–water partition coefficient (Wildman–Crippen LogP) is 7.42.